The van der Waals surface area contributed by atoms with E-state index in [1.165, 1.54) is 0 Å². The van der Waals surface area contributed by atoms with Crippen molar-refractivity contribution in [1.29, 1.82) is 0 Å². The standard InChI is InChI=1S/C15H26N2O2S/c1-5-7-11-17(13(4)6-2)20(18,19)15-12(3)9-8-10-14(15)16/h8-10,13H,5-7,11,16H2,1-4H3. The Morgan fingerprint density at radius 2 is 1.95 bits per heavy atom. The minimum Gasteiger partial charge on any atom is -0.398 e. The van der Waals surface area contributed by atoms with Gasteiger partial charge in [-0.25, -0.2) is 8.42 Å². The molecule has 0 aliphatic rings. The summed E-state index contributed by atoms with van der Waals surface area (Å²) in [7, 11) is -3.54. The molecule has 20 heavy (non-hydrogen) atoms. The molecule has 1 rings (SSSR count). The minimum atomic E-state index is -3.54. The molecule has 5 heteroatoms. The number of sulfonamides is 1. The Labute approximate surface area is 123 Å². The van der Waals surface area contributed by atoms with E-state index in [9.17, 15) is 8.42 Å². The second-order valence-electron chi connectivity index (χ2n) is 5.22. The fourth-order valence-corrected chi connectivity index (χ4v) is 4.31. The van der Waals surface area contributed by atoms with Gasteiger partial charge >= 0.3 is 0 Å². The topological polar surface area (TPSA) is 63.4 Å². The molecule has 0 spiro atoms. The lowest BCUT2D eigenvalue weighted by molar-refractivity contribution is 0.324. The Hall–Kier alpha value is -1.07. The Morgan fingerprint density at radius 1 is 1.30 bits per heavy atom. The van der Waals surface area contributed by atoms with Gasteiger partial charge in [0.2, 0.25) is 10.0 Å². The fraction of sp³-hybridized carbons (Fsp3) is 0.600. The molecule has 1 aromatic rings. The number of unbranched alkanes of at least 4 members (excludes halogenated alkanes) is 1. The van der Waals surface area contributed by atoms with E-state index in [1.807, 2.05) is 13.8 Å². The van der Waals surface area contributed by atoms with Crippen LogP contribution in [0.25, 0.3) is 0 Å². The summed E-state index contributed by atoms with van der Waals surface area (Å²) < 4.78 is 27.4. The Morgan fingerprint density at radius 3 is 2.45 bits per heavy atom. The molecule has 0 heterocycles. The lowest BCUT2D eigenvalue weighted by atomic mass is 10.2. The largest absolute Gasteiger partial charge is 0.398 e. The monoisotopic (exact) mass is 298 g/mol. The molecule has 0 aliphatic carbocycles. The van der Waals surface area contributed by atoms with Crippen molar-refractivity contribution in [2.24, 2.45) is 0 Å². The van der Waals surface area contributed by atoms with Crippen molar-refractivity contribution in [3.8, 4) is 0 Å². The second-order valence-corrected chi connectivity index (χ2v) is 7.05. The molecule has 0 saturated carbocycles. The van der Waals surface area contributed by atoms with E-state index in [0.29, 0.717) is 17.8 Å². The van der Waals surface area contributed by atoms with Gasteiger partial charge in [-0.3, -0.25) is 0 Å². The first kappa shape index (κ1) is 17.0. The molecule has 0 saturated heterocycles. The lowest BCUT2D eigenvalue weighted by Crippen LogP contribution is -2.39. The van der Waals surface area contributed by atoms with E-state index >= 15 is 0 Å². The Kier molecular flexibility index (Phi) is 6.02. The van der Waals surface area contributed by atoms with Gasteiger partial charge in [0.25, 0.3) is 0 Å². The van der Waals surface area contributed by atoms with Crippen molar-refractivity contribution in [2.45, 2.75) is 57.9 Å². The van der Waals surface area contributed by atoms with Gasteiger partial charge in [0, 0.05) is 12.6 Å². The molecule has 0 bridgehead atoms. The van der Waals surface area contributed by atoms with Crippen LogP contribution in [0.3, 0.4) is 0 Å². The maximum atomic E-state index is 12.9. The zero-order valence-corrected chi connectivity index (χ0v) is 13.7. The normalized spacial score (nSPS) is 13.7. The predicted molar refractivity (Wildman–Crippen MR) is 84.1 cm³/mol. The van der Waals surface area contributed by atoms with Gasteiger partial charge in [0.05, 0.1) is 5.69 Å². The van der Waals surface area contributed by atoms with E-state index in [2.05, 4.69) is 6.92 Å². The molecule has 0 aliphatic heterocycles. The van der Waals surface area contributed by atoms with Crippen molar-refractivity contribution in [3.63, 3.8) is 0 Å². The van der Waals surface area contributed by atoms with Crippen LogP contribution in [-0.4, -0.2) is 25.3 Å². The van der Waals surface area contributed by atoms with Gasteiger partial charge in [-0.1, -0.05) is 32.4 Å². The third-order valence-electron chi connectivity index (χ3n) is 3.62. The number of anilines is 1. The highest BCUT2D eigenvalue weighted by Crippen LogP contribution is 2.28. The van der Waals surface area contributed by atoms with E-state index in [1.54, 1.807) is 29.4 Å². The average molecular weight is 298 g/mol. The molecule has 1 aromatic carbocycles. The second kappa shape index (κ2) is 7.09. The number of hydrogen-bond acceptors (Lipinski definition) is 3. The minimum absolute atomic E-state index is 0.0226. The van der Waals surface area contributed by atoms with Crippen LogP contribution in [0, 0.1) is 6.92 Å². The highest BCUT2D eigenvalue weighted by molar-refractivity contribution is 7.89. The summed E-state index contributed by atoms with van der Waals surface area (Å²) in [6.07, 6.45) is 2.61. The first-order valence-corrected chi connectivity index (χ1v) is 8.67. The molecule has 1 atom stereocenters. The van der Waals surface area contributed by atoms with Crippen LogP contribution in [0.4, 0.5) is 5.69 Å². The number of nitrogen functional groups attached to an aromatic ring is 1. The number of nitrogens with zero attached hydrogens (tertiary/aromatic N) is 1. The van der Waals surface area contributed by atoms with Crippen LogP contribution >= 0.6 is 0 Å². The quantitative estimate of drug-likeness (QED) is 0.786. The zero-order valence-electron chi connectivity index (χ0n) is 12.9. The van der Waals surface area contributed by atoms with Gasteiger partial charge < -0.3 is 5.73 Å². The van der Waals surface area contributed by atoms with Crippen molar-refractivity contribution in [2.75, 3.05) is 12.3 Å². The summed E-state index contributed by atoms with van der Waals surface area (Å²) in [5, 5.41) is 0. The number of aryl methyl sites for hydroxylation is 1. The summed E-state index contributed by atoms with van der Waals surface area (Å²) in [6.45, 7) is 8.34. The highest BCUT2D eigenvalue weighted by Gasteiger charge is 2.30. The van der Waals surface area contributed by atoms with Crippen molar-refractivity contribution in [1.82, 2.24) is 4.31 Å². The van der Waals surface area contributed by atoms with Gasteiger partial charge in [0.15, 0.2) is 0 Å². The first-order valence-electron chi connectivity index (χ1n) is 7.23. The van der Waals surface area contributed by atoms with Crippen LogP contribution in [0.1, 0.15) is 45.6 Å². The molecule has 0 amide bonds. The van der Waals surface area contributed by atoms with Gasteiger partial charge in [-0.15, -0.1) is 0 Å². The highest BCUT2D eigenvalue weighted by atomic mass is 32.2. The van der Waals surface area contributed by atoms with Gasteiger partial charge in [-0.2, -0.15) is 4.31 Å². The van der Waals surface area contributed by atoms with Gasteiger partial charge in [0.1, 0.15) is 4.90 Å². The molecule has 1 unspecified atom stereocenters. The SMILES string of the molecule is CCCCN(C(C)CC)S(=O)(=O)c1c(C)cccc1N. The Balaban J connectivity index is 3.29. The van der Waals surface area contributed by atoms with Crippen molar-refractivity contribution >= 4 is 15.7 Å². The third kappa shape index (κ3) is 3.52. The fourth-order valence-electron chi connectivity index (χ4n) is 2.24. The van der Waals surface area contributed by atoms with Crippen molar-refractivity contribution in [3.05, 3.63) is 23.8 Å². The molecule has 114 valence electrons. The number of rotatable bonds is 7. The van der Waals surface area contributed by atoms with Crippen LogP contribution in [-0.2, 0) is 10.0 Å². The summed E-state index contributed by atoms with van der Waals surface area (Å²) in [5.74, 6) is 0. The predicted octanol–water partition coefficient (Wildman–Crippen LogP) is 3.17. The molecule has 0 radical (unpaired) electrons. The van der Waals surface area contributed by atoms with Gasteiger partial charge in [-0.05, 0) is 38.3 Å². The van der Waals surface area contributed by atoms with E-state index in [0.717, 1.165) is 19.3 Å². The number of benzene rings is 1. The number of nitrogens with two attached hydrogens (primary N) is 1. The maximum absolute atomic E-state index is 12.9. The molecule has 2 N–H and O–H groups in total. The molecular formula is C15H26N2O2S. The number of hydrogen-bond donors (Lipinski definition) is 1. The molecular weight excluding hydrogens is 272 g/mol. The summed E-state index contributed by atoms with van der Waals surface area (Å²) in [6, 6.07) is 5.20. The van der Waals surface area contributed by atoms with E-state index < -0.39 is 10.0 Å². The smallest absolute Gasteiger partial charge is 0.245 e. The lowest BCUT2D eigenvalue weighted by Gasteiger charge is -2.28. The molecule has 4 nitrogen and oxygen atoms in total. The zero-order chi connectivity index (χ0) is 15.3. The van der Waals surface area contributed by atoms with Crippen LogP contribution in [0.5, 0.6) is 0 Å². The summed E-state index contributed by atoms with van der Waals surface area (Å²) >= 11 is 0. The van der Waals surface area contributed by atoms with E-state index in [-0.39, 0.29) is 10.9 Å². The molecule has 0 aromatic heterocycles. The Bertz CT molecular complexity index is 521. The molecule has 0 fully saturated rings. The average Bonchev–Trinajstić information content (AvgIpc) is 2.38. The third-order valence-corrected chi connectivity index (χ3v) is 5.86. The summed E-state index contributed by atoms with van der Waals surface area (Å²) in [5.41, 5.74) is 6.94. The van der Waals surface area contributed by atoms with Crippen LogP contribution in [0.15, 0.2) is 23.1 Å². The van der Waals surface area contributed by atoms with Crippen LogP contribution in [0.2, 0.25) is 0 Å². The first-order chi connectivity index (χ1) is 9.36. The summed E-state index contributed by atoms with van der Waals surface area (Å²) in [4.78, 5) is 0.261. The van der Waals surface area contributed by atoms with E-state index in [4.69, 9.17) is 5.73 Å². The van der Waals surface area contributed by atoms with Crippen LogP contribution < -0.4 is 5.73 Å². The van der Waals surface area contributed by atoms with Crippen molar-refractivity contribution < 1.29 is 8.42 Å². The maximum Gasteiger partial charge on any atom is 0.245 e.